The number of hydrogen-bond donors (Lipinski definition) is 1. The molecule has 18 heavy (non-hydrogen) atoms. The van der Waals surface area contributed by atoms with E-state index in [2.05, 4.69) is 20.0 Å². The molecule has 2 aromatic rings. The van der Waals surface area contributed by atoms with Gasteiger partial charge in [0.1, 0.15) is 17.5 Å². The second-order valence-corrected chi connectivity index (χ2v) is 4.34. The number of nitrogens with one attached hydrogen (secondary N) is 1. The Hall–Kier alpha value is -2.29. The van der Waals surface area contributed by atoms with Gasteiger partial charge in [-0.05, 0) is 36.6 Å². The van der Waals surface area contributed by atoms with Crippen molar-refractivity contribution < 1.29 is 4.52 Å². The quantitative estimate of drug-likeness (QED) is 0.871. The summed E-state index contributed by atoms with van der Waals surface area (Å²) in [6.07, 6.45) is 3.61. The third-order valence-electron chi connectivity index (χ3n) is 3.09. The maximum atomic E-state index is 8.75. The molecule has 0 aromatic carbocycles. The lowest BCUT2D eigenvalue weighted by molar-refractivity contribution is 0.425. The zero-order valence-electron chi connectivity index (χ0n) is 9.89. The van der Waals surface area contributed by atoms with Crippen molar-refractivity contribution in [2.75, 3.05) is 18.0 Å². The lowest BCUT2D eigenvalue weighted by atomic mass is 10.1. The van der Waals surface area contributed by atoms with E-state index in [-0.39, 0.29) is 0 Å². The topological polar surface area (TPSA) is 81.7 Å². The van der Waals surface area contributed by atoms with Crippen molar-refractivity contribution >= 4 is 5.95 Å². The van der Waals surface area contributed by atoms with E-state index in [0.717, 1.165) is 13.1 Å². The van der Waals surface area contributed by atoms with Gasteiger partial charge < -0.3 is 14.4 Å². The van der Waals surface area contributed by atoms with E-state index in [9.17, 15) is 0 Å². The number of nitriles is 1. The molecule has 1 fully saturated rings. The zero-order valence-corrected chi connectivity index (χ0v) is 9.89. The van der Waals surface area contributed by atoms with Gasteiger partial charge >= 0.3 is 0 Å². The van der Waals surface area contributed by atoms with Crippen LogP contribution in [0.5, 0.6) is 0 Å². The summed E-state index contributed by atoms with van der Waals surface area (Å²) in [4.78, 5) is 9.41. The number of H-pyrrole nitrogens is 1. The molecule has 0 amide bonds. The van der Waals surface area contributed by atoms with Gasteiger partial charge in [0.15, 0.2) is 0 Å². The van der Waals surface area contributed by atoms with Crippen LogP contribution in [0, 0.1) is 11.3 Å². The lowest BCUT2D eigenvalue weighted by Gasteiger charge is -2.24. The van der Waals surface area contributed by atoms with Crippen molar-refractivity contribution in [1.82, 2.24) is 15.1 Å². The van der Waals surface area contributed by atoms with E-state index in [1.165, 1.54) is 19.3 Å². The Labute approximate surface area is 104 Å². The molecular formula is C12H13N5O. The van der Waals surface area contributed by atoms with E-state index < -0.39 is 0 Å². The minimum Gasteiger partial charge on any atom is -0.342 e. The number of aromatic nitrogens is 3. The van der Waals surface area contributed by atoms with E-state index >= 15 is 0 Å². The maximum Gasteiger partial charge on any atom is 0.275 e. The van der Waals surface area contributed by atoms with Crippen LogP contribution in [0.4, 0.5) is 5.95 Å². The Morgan fingerprint density at radius 1 is 1.28 bits per heavy atom. The van der Waals surface area contributed by atoms with Crippen molar-refractivity contribution in [1.29, 1.82) is 5.26 Å². The summed E-state index contributed by atoms with van der Waals surface area (Å²) in [5.74, 6) is 1.06. The fraction of sp³-hybridized carbons (Fsp3) is 0.417. The molecule has 6 heteroatoms. The molecule has 1 N–H and O–H groups in total. The highest BCUT2D eigenvalue weighted by molar-refractivity contribution is 5.51. The fourth-order valence-corrected chi connectivity index (χ4v) is 2.13. The van der Waals surface area contributed by atoms with Crippen molar-refractivity contribution in [3.05, 3.63) is 17.8 Å². The molecule has 0 atom stereocenters. The van der Waals surface area contributed by atoms with Crippen LogP contribution in [-0.2, 0) is 0 Å². The summed E-state index contributed by atoms with van der Waals surface area (Å²) >= 11 is 0. The van der Waals surface area contributed by atoms with Crippen LogP contribution in [0.25, 0.3) is 11.6 Å². The van der Waals surface area contributed by atoms with Crippen LogP contribution in [0.1, 0.15) is 25.0 Å². The van der Waals surface area contributed by atoms with Crippen molar-refractivity contribution in [3.63, 3.8) is 0 Å². The average molecular weight is 243 g/mol. The van der Waals surface area contributed by atoms with Gasteiger partial charge in [0, 0.05) is 13.1 Å². The molecular weight excluding hydrogens is 230 g/mol. The number of aromatic amines is 1. The van der Waals surface area contributed by atoms with Crippen molar-refractivity contribution in [2.45, 2.75) is 19.3 Å². The molecule has 1 saturated heterocycles. The fourth-order valence-electron chi connectivity index (χ4n) is 2.13. The van der Waals surface area contributed by atoms with Gasteiger partial charge in [0.05, 0.1) is 0 Å². The molecule has 3 rings (SSSR count). The largest absolute Gasteiger partial charge is 0.342 e. The molecule has 92 valence electrons. The Bertz CT molecular complexity index is 573. The number of anilines is 1. The second-order valence-electron chi connectivity index (χ2n) is 4.34. The van der Waals surface area contributed by atoms with Gasteiger partial charge in [0.25, 0.3) is 11.8 Å². The molecule has 0 radical (unpaired) electrons. The number of hydrogen-bond acceptors (Lipinski definition) is 5. The molecule has 1 aliphatic heterocycles. The van der Waals surface area contributed by atoms with E-state index in [0.29, 0.717) is 23.2 Å². The molecule has 3 heterocycles. The minimum absolute atomic E-state index is 0.428. The van der Waals surface area contributed by atoms with E-state index in [1.807, 2.05) is 6.07 Å². The number of rotatable bonds is 2. The first-order valence-electron chi connectivity index (χ1n) is 6.05. The monoisotopic (exact) mass is 243 g/mol. The highest BCUT2D eigenvalue weighted by Gasteiger charge is 2.18. The predicted octanol–water partition coefficient (Wildman–Crippen LogP) is 1.93. The molecule has 2 aromatic heterocycles. The Morgan fingerprint density at radius 3 is 2.83 bits per heavy atom. The Kier molecular flexibility index (Phi) is 2.73. The van der Waals surface area contributed by atoms with Crippen LogP contribution in [0.2, 0.25) is 0 Å². The van der Waals surface area contributed by atoms with Gasteiger partial charge in [-0.1, -0.05) is 0 Å². The summed E-state index contributed by atoms with van der Waals surface area (Å²) in [5, 5.41) is 12.7. The summed E-state index contributed by atoms with van der Waals surface area (Å²) in [5.41, 5.74) is 1.17. The molecule has 0 bridgehead atoms. The first-order valence-corrected chi connectivity index (χ1v) is 6.05. The van der Waals surface area contributed by atoms with Crippen LogP contribution >= 0.6 is 0 Å². The van der Waals surface area contributed by atoms with Crippen LogP contribution in [0.15, 0.2) is 16.7 Å². The summed E-state index contributed by atoms with van der Waals surface area (Å²) in [6, 6.07) is 5.50. The molecule has 1 aliphatic rings. The van der Waals surface area contributed by atoms with E-state index in [4.69, 9.17) is 9.78 Å². The zero-order chi connectivity index (χ0) is 12.4. The summed E-state index contributed by atoms with van der Waals surface area (Å²) in [6.45, 7) is 1.96. The smallest absolute Gasteiger partial charge is 0.275 e. The number of piperidine rings is 1. The summed E-state index contributed by atoms with van der Waals surface area (Å²) in [7, 11) is 0. The molecule has 0 unspecified atom stereocenters. The Balaban J connectivity index is 1.82. The van der Waals surface area contributed by atoms with Crippen LogP contribution in [0.3, 0.4) is 0 Å². The first kappa shape index (κ1) is 10.8. The maximum absolute atomic E-state index is 8.75. The van der Waals surface area contributed by atoms with Gasteiger partial charge in [-0.2, -0.15) is 10.2 Å². The normalized spacial score (nSPS) is 15.6. The minimum atomic E-state index is 0.428. The van der Waals surface area contributed by atoms with Crippen LogP contribution in [-0.4, -0.2) is 28.2 Å². The Morgan fingerprint density at radius 2 is 2.11 bits per heavy atom. The standard InChI is InChI=1S/C12H13N5O/c13-8-9-4-5-10(14-9)11-15-12(16-18-11)17-6-2-1-3-7-17/h4-5,14H,1-3,6-7H2. The van der Waals surface area contributed by atoms with Crippen LogP contribution < -0.4 is 4.90 Å². The molecule has 0 spiro atoms. The molecule has 0 aliphatic carbocycles. The third kappa shape index (κ3) is 1.95. The third-order valence-corrected chi connectivity index (χ3v) is 3.09. The summed E-state index contributed by atoms with van der Waals surface area (Å²) < 4.78 is 5.22. The van der Waals surface area contributed by atoms with E-state index in [1.54, 1.807) is 12.1 Å². The number of nitrogens with zero attached hydrogens (tertiary/aromatic N) is 4. The first-order chi connectivity index (χ1) is 8.86. The van der Waals surface area contributed by atoms with Gasteiger partial charge in [-0.15, -0.1) is 0 Å². The lowest BCUT2D eigenvalue weighted by Crippen LogP contribution is -2.30. The van der Waals surface area contributed by atoms with Gasteiger partial charge in [-0.3, -0.25) is 0 Å². The highest BCUT2D eigenvalue weighted by atomic mass is 16.5. The van der Waals surface area contributed by atoms with Crippen molar-refractivity contribution in [2.24, 2.45) is 0 Å². The van der Waals surface area contributed by atoms with Crippen molar-refractivity contribution in [3.8, 4) is 17.7 Å². The SMILES string of the molecule is N#Cc1ccc(-c2nc(N3CCCCC3)no2)[nH]1. The highest BCUT2D eigenvalue weighted by Crippen LogP contribution is 2.21. The van der Waals surface area contributed by atoms with Gasteiger partial charge in [0.2, 0.25) is 0 Å². The average Bonchev–Trinajstić information content (AvgIpc) is 3.08. The molecule has 0 saturated carbocycles. The van der Waals surface area contributed by atoms with Gasteiger partial charge in [-0.25, -0.2) is 0 Å². The predicted molar refractivity (Wildman–Crippen MR) is 64.9 cm³/mol. The molecule has 6 nitrogen and oxygen atoms in total. The second kappa shape index (κ2) is 4.53.